The van der Waals surface area contributed by atoms with Gasteiger partial charge in [-0.25, -0.2) is 0 Å². The fourth-order valence-corrected chi connectivity index (χ4v) is 0.824. The Morgan fingerprint density at radius 2 is 2.10 bits per heavy atom. The van der Waals surface area contributed by atoms with Gasteiger partial charge in [-0.2, -0.15) is 0 Å². The van der Waals surface area contributed by atoms with Gasteiger partial charge >= 0.3 is 0 Å². The van der Waals surface area contributed by atoms with E-state index in [0.717, 1.165) is 11.3 Å². The van der Waals surface area contributed by atoms with E-state index in [2.05, 4.69) is 10.4 Å². The van der Waals surface area contributed by atoms with Crippen molar-refractivity contribution in [2.75, 3.05) is 0 Å². The van der Waals surface area contributed by atoms with E-state index in [1.165, 1.54) is 0 Å². The van der Waals surface area contributed by atoms with Crippen LogP contribution in [-0.4, -0.2) is 0 Å². The number of rotatable bonds is 0. The molecule has 0 amide bonds. The fourth-order valence-electron chi connectivity index (χ4n) is 0.824. The summed E-state index contributed by atoms with van der Waals surface area (Å²) in [5, 5.41) is 6.98. The maximum atomic E-state index is 4.85. The molecule has 10 heavy (non-hydrogen) atoms. The van der Waals surface area contributed by atoms with Crippen LogP contribution in [0.25, 0.3) is 0 Å². The van der Waals surface area contributed by atoms with Gasteiger partial charge in [-0.05, 0) is 6.07 Å². The summed E-state index contributed by atoms with van der Waals surface area (Å²) in [6.07, 6.45) is 0. The highest BCUT2D eigenvalue weighted by molar-refractivity contribution is 5.38. The maximum absolute atomic E-state index is 4.85. The second kappa shape index (κ2) is 2.10. The second-order valence-corrected chi connectivity index (χ2v) is 1.96. The Morgan fingerprint density at radius 3 is 3.00 bits per heavy atom. The van der Waals surface area contributed by atoms with Gasteiger partial charge in [-0.1, -0.05) is 18.2 Å². The molecular weight excluding hydrogens is 128 g/mol. The van der Waals surface area contributed by atoms with Gasteiger partial charge in [0.15, 0.2) is 5.75 Å². The summed E-state index contributed by atoms with van der Waals surface area (Å²) in [5.41, 5.74) is 0.970. The average Bonchev–Trinajstić information content (AvgIpc) is 2.05. The topological polar surface area (TPSA) is 34.0 Å². The molecule has 0 fully saturated rings. The number of hydrogen-bond acceptors (Lipinski definition) is 3. The van der Waals surface area contributed by atoms with Crippen molar-refractivity contribution in [3.63, 3.8) is 0 Å². The normalized spacial score (nSPS) is 14.0. The van der Waals surface area contributed by atoms with Crippen molar-refractivity contribution in [1.82, 2.24) is 0 Å². The molecule has 0 saturated carbocycles. The quantitative estimate of drug-likeness (QED) is 0.532. The second-order valence-electron chi connectivity index (χ2n) is 1.96. The molecule has 1 heterocycles. The molecule has 1 aliphatic rings. The van der Waals surface area contributed by atoms with Gasteiger partial charge in [0.1, 0.15) is 6.54 Å². The molecule has 0 bridgehead atoms. The molecule has 0 N–H and O–H groups in total. The first-order chi connectivity index (χ1) is 4.97. The molecule has 0 atom stereocenters. The van der Waals surface area contributed by atoms with Crippen molar-refractivity contribution in [3.8, 4) is 5.75 Å². The molecule has 49 valence electrons. The minimum atomic E-state index is 0.762. The molecule has 1 radical (unpaired) electrons. The van der Waals surface area contributed by atoms with Gasteiger partial charge in [0.05, 0.1) is 0 Å². The lowest BCUT2D eigenvalue weighted by molar-refractivity contribution is 0.298. The van der Waals surface area contributed by atoms with E-state index in [0.29, 0.717) is 0 Å². The van der Waals surface area contributed by atoms with E-state index in [1.807, 2.05) is 24.3 Å². The largest absolute Gasteiger partial charge is 0.339 e. The van der Waals surface area contributed by atoms with Crippen LogP contribution in [0.3, 0.4) is 0 Å². The van der Waals surface area contributed by atoms with Crippen LogP contribution in [0.2, 0.25) is 0 Å². The number of fused-ring (bicyclic) bond motifs is 1. The van der Waals surface area contributed by atoms with Gasteiger partial charge in [-0.15, -0.1) is 5.11 Å². The molecule has 0 aromatic heterocycles. The molecule has 0 unspecified atom stereocenters. The SMILES string of the molecule is [CH]1N=NOc2ccccc21. The van der Waals surface area contributed by atoms with Crippen molar-refractivity contribution >= 4 is 0 Å². The van der Waals surface area contributed by atoms with Crippen LogP contribution in [0.5, 0.6) is 5.75 Å². The van der Waals surface area contributed by atoms with E-state index in [4.69, 9.17) is 4.84 Å². The van der Waals surface area contributed by atoms with Crippen LogP contribution in [0.1, 0.15) is 5.56 Å². The molecule has 3 heteroatoms. The van der Waals surface area contributed by atoms with Crippen LogP contribution >= 0.6 is 0 Å². The highest BCUT2D eigenvalue weighted by atomic mass is 16.6. The summed E-state index contributed by atoms with van der Waals surface area (Å²) in [6, 6.07) is 7.60. The third-order valence-electron chi connectivity index (χ3n) is 1.30. The Morgan fingerprint density at radius 1 is 1.20 bits per heavy atom. The monoisotopic (exact) mass is 133 g/mol. The molecule has 0 saturated heterocycles. The zero-order valence-electron chi connectivity index (χ0n) is 5.19. The highest BCUT2D eigenvalue weighted by Crippen LogP contribution is 2.23. The molecule has 0 spiro atoms. The fraction of sp³-hybridized carbons (Fsp3) is 0. The molecule has 0 aliphatic carbocycles. The molecule has 1 aliphatic heterocycles. The summed E-state index contributed by atoms with van der Waals surface area (Å²) in [5.74, 6) is 0.762. The van der Waals surface area contributed by atoms with E-state index in [-0.39, 0.29) is 0 Å². The van der Waals surface area contributed by atoms with Gasteiger partial charge in [-0.3, -0.25) is 0 Å². The summed E-state index contributed by atoms with van der Waals surface area (Å²) in [6.45, 7) is 1.67. The van der Waals surface area contributed by atoms with Crippen LogP contribution < -0.4 is 4.84 Å². The first kappa shape index (κ1) is 5.41. The van der Waals surface area contributed by atoms with Crippen molar-refractivity contribution in [3.05, 3.63) is 36.4 Å². The van der Waals surface area contributed by atoms with E-state index < -0.39 is 0 Å². The summed E-state index contributed by atoms with van der Waals surface area (Å²) in [7, 11) is 0. The number of nitrogens with zero attached hydrogens (tertiary/aromatic N) is 2. The van der Waals surface area contributed by atoms with Crippen molar-refractivity contribution in [1.29, 1.82) is 0 Å². The summed E-state index contributed by atoms with van der Waals surface area (Å²) in [4.78, 5) is 4.85. The Balaban J connectivity index is 2.47. The predicted octanol–water partition coefficient (Wildman–Crippen LogP) is 1.96. The Labute approximate surface area is 58.3 Å². The first-order valence-corrected chi connectivity index (χ1v) is 2.96. The third kappa shape index (κ3) is 0.757. The van der Waals surface area contributed by atoms with Gasteiger partial charge in [0.25, 0.3) is 0 Å². The summed E-state index contributed by atoms with van der Waals surface area (Å²) >= 11 is 0. The Hall–Kier alpha value is -1.38. The summed E-state index contributed by atoms with van der Waals surface area (Å²) < 4.78 is 0. The van der Waals surface area contributed by atoms with Gasteiger partial charge in [0, 0.05) is 10.8 Å². The maximum Gasteiger partial charge on any atom is 0.165 e. The van der Waals surface area contributed by atoms with Crippen LogP contribution in [-0.2, 0) is 0 Å². The van der Waals surface area contributed by atoms with Crippen molar-refractivity contribution in [2.24, 2.45) is 10.4 Å². The average molecular weight is 133 g/mol. The molecule has 1 aromatic rings. The zero-order valence-corrected chi connectivity index (χ0v) is 5.19. The first-order valence-electron chi connectivity index (χ1n) is 2.96. The standard InChI is InChI=1S/C7H5N2O/c1-2-4-7-6(3-1)5-8-9-10-7/h1-5H. The van der Waals surface area contributed by atoms with E-state index >= 15 is 0 Å². The van der Waals surface area contributed by atoms with Crippen LogP contribution in [0.4, 0.5) is 0 Å². The van der Waals surface area contributed by atoms with Gasteiger partial charge in [0.2, 0.25) is 0 Å². The lowest BCUT2D eigenvalue weighted by Crippen LogP contribution is -1.92. The lowest BCUT2D eigenvalue weighted by atomic mass is 10.2. The third-order valence-corrected chi connectivity index (χ3v) is 1.30. The molecular formula is C7H5N2O. The van der Waals surface area contributed by atoms with Gasteiger partial charge < -0.3 is 4.84 Å². The minimum Gasteiger partial charge on any atom is -0.339 e. The molecule has 1 aromatic carbocycles. The van der Waals surface area contributed by atoms with Crippen LogP contribution in [0, 0.1) is 6.54 Å². The lowest BCUT2D eigenvalue weighted by Gasteiger charge is -2.05. The number of benzene rings is 1. The predicted molar refractivity (Wildman–Crippen MR) is 35.3 cm³/mol. The smallest absolute Gasteiger partial charge is 0.165 e. The Bertz CT molecular complexity index is 243. The van der Waals surface area contributed by atoms with Crippen molar-refractivity contribution < 1.29 is 4.84 Å². The van der Waals surface area contributed by atoms with Crippen molar-refractivity contribution in [2.45, 2.75) is 0 Å². The number of hydrogen-bond donors (Lipinski definition) is 0. The Kier molecular flexibility index (Phi) is 1.13. The van der Waals surface area contributed by atoms with Crippen LogP contribution in [0.15, 0.2) is 34.7 Å². The van der Waals surface area contributed by atoms with E-state index in [9.17, 15) is 0 Å². The highest BCUT2D eigenvalue weighted by Gasteiger charge is 2.05. The molecule has 2 rings (SSSR count). The molecule has 3 nitrogen and oxygen atoms in total. The minimum absolute atomic E-state index is 0.762. The van der Waals surface area contributed by atoms with E-state index in [1.54, 1.807) is 6.54 Å². The number of para-hydroxylation sites is 1. The zero-order chi connectivity index (χ0) is 6.81.